The van der Waals surface area contributed by atoms with Crippen LogP contribution in [0.4, 0.5) is 5.69 Å². The van der Waals surface area contributed by atoms with E-state index in [1.54, 1.807) is 0 Å². The fourth-order valence-electron chi connectivity index (χ4n) is 3.21. The average Bonchev–Trinajstić information content (AvgIpc) is 2.98. The molecule has 1 atom stereocenters. The minimum Gasteiger partial charge on any atom is -0.325 e. The first-order chi connectivity index (χ1) is 13.3. The third-order valence-electron chi connectivity index (χ3n) is 4.66. The fraction of sp³-hybridized carbons (Fsp3) is 0.318. The highest BCUT2D eigenvalue weighted by atomic mass is 32.2. The van der Waals surface area contributed by atoms with Crippen LogP contribution in [-0.4, -0.2) is 25.9 Å². The molecule has 0 saturated carbocycles. The van der Waals surface area contributed by atoms with Crippen LogP contribution in [0.15, 0.2) is 47.6 Å². The largest absolute Gasteiger partial charge is 0.325 e. The van der Waals surface area contributed by atoms with E-state index in [0.29, 0.717) is 6.54 Å². The van der Waals surface area contributed by atoms with E-state index < -0.39 is 0 Å². The molecule has 1 amide bonds. The van der Waals surface area contributed by atoms with Crippen molar-refractivity contribution in [1.82, 2.24) is 14.8 Å². The van der Waals surface area contributed by atoms with E-state index in [-0.39, 0.29) is 11.2 Å². The molecule has 6 heteroatoms. The van der Waals surface area contributed by atoms with E-state index in [9.17, 15) is 4.79 Å². The van der Waals surface area contributed by atoms with Crippen molar-refractivity contribution in [3.63, 3.8) is 0 Å². The van der Waals surface area contributed by atoms with E-state index in [2.05, 4.69) is 46.7 Å². The number of thioether (sulfide) groups is 1. The van der Waals surface area contributed by atoms with Gasteiger partial charge in [0.15, 0.2) is 5.16 Å². The van der Waals surface area contributed by atoms with Gasteiger partial charge in [0.1, 0.15) is 5.82 Å². The smallest absolute Gasteiger partial charge is 0.237 e. The summed E-state index contributed by atoms with van der Waals surface area (Å²) < 4.78 is 2.05. The van der Waals surface area contributed by atoms with Gasteiger partial charge in [0, 0.05) is 5.69 Å². The van der Waals surface area contributed by atoms with Gasteiger partial charge in [-0.15, -0.1) is 10.2 Å². The first-order valence-electron chi connectivity index (χ1n) is 9.34. The van der Waals surface area contributed by atoms with Crippen LogP contribution in [0.1, 0.15) is 35.0 Å². The molecule has 146 valence electrons. The zero-order chi connectivity index (χ0) is 20.3. The molecule has 28 heavy (non-hydrogen) atoms. The summed E-state index contributed by atoms with van der Waals surface area (Å²) in [6, 6.07) is 14.4. The Balaban J connectivity index is 1.73. The van der Waals surface area contributed by atoms with Crippen LogP contribution in [0.25, 0.3) is 0 Å². The van der Waals surface area contributed by atoms with Crippen molar-refractivity contribution in [2.24, 2.45) is 0 Å². The molecular weight excluding hydrogens is 368 g/mol. The van der Waals surface area contributed by atoms with E-state index in [1.807, 2.05) is 50.5 Å². The first-order valence-corrected chi connectivity index (χ1v) is 10.2. The van der Waals surface area contributed by atoms with Gasteiger partial charge in [0.25, 0.3) is 0 Å². The van der Waals surface area contributed by atoms with Gasteiger partial charge in [-0.05, 0) is 51.3 Å². The van der Waals surface area contributed by atoms with Crippen molar-refractivity contribution in [2.45, 2.75) is 51.6 Å². The predicted molar refractivity (Wildman–Crippen MR) is 115 cm³/mol. The Hall–Kier alpha value is -2.60. The second-order valence-electron chi connectivity index (χ2n) is 7.12. The number of rotatable bonds is 6. The van der Waals surface area contributed by atoms with Gasteiger partial charge in [0.05, 0.1) is 11.8 Å². The monoisotopic (exact) mass is 394 g/mol. The number of nitrogens with zero attached hydrogens (tertiary/aromatic N) is 3. The summed E-state index contributed by atoms with van der Waals surface area (Å²) in [6.07, 6.45) is 0. The Morgan fingerprint density at radius 2 is 1.71 bits per heavy atom. The molecule has 0 saturated heterocycles. The number of hydrogen-bond acceptors (Lipinski definition) is 4. The molecule has 3 aromatic rings. The van der Waals surface area contributed by atoms with Gasteiger partial charge in [-0.3, -0.25) is 4.79 Å². The Kier molecular flexibility index (Phi) is 6.19. The SMILES string of the molecule is Cc1cc(C)c(NC(=O)C(C)Sc2nnc(C)n2Cc2ccccc2)c(C)c1. The van der Waals surface area contributed by atoms with Crippen LogP contribution >= 0.6 is 11.8 Å². The molecule has 0 aliphatic rings. The van der Waals surface area contributed by atoms with E-state index in [0.717, 1.165) is 27.8 Å². The molecule has 0 spiro atoms. The minimum atomic E-state index is -0.293. The maximum atomic E-state index is 12.8. The minimum absolute atomic E-state index is 0.0352. The molecule has 5 nitrogen and oxygen atoms in total. The van der Waals surface area contributed by atoms with Crippen molar-refractivity contribution < 1.29 is 4.79 Å². The lowest BCUT2D eigenvalue weighted by atomic mass is 10.1. The molecule has 2 aromatic carbocycles. The molecule has 1 unspecified atom stereocenters. The standard InChI is InChI=1S/C22H26N4OS/c1-14-11-15(2)20(16(3)12-14)23-21(27)17(4)28-22-25-24-18(5)26(22)13-19-9-7-6-8-10-19/h6-12,17H,13H2,1-5H3,(H,23,27). The van der Waals surface area contributed by atoms with E-state index in [1.165, 1.54) is 22.9 Å². The van der Waals surface area contributed by atoms with E-state index in [4.69, 9.17) is 0 Å². The van der Waals surface area contributed by atoms with Gasteiger partial charge in [0.2, 0.25) is 5.91 Å². The summed E-state index contributed by atoms with van der Waals surface area (Å²) in [4.78, 5) is 12.8. The number of aryl methyl sites for hydroxylation is 4. The third kappa shape index (κ3) is 4.62. The number of nitrogens with one attached hydrogen (secondary N) is 1. The van der Waals surface area contributed by atoms with Crippen molar-refractivity contribution in [3.8, 4) is 0 Å². The van der Waals surface area contributed by atoms with Gasteiger partial charge < -0.3 is 9.88 Å². The summed E-state index contributed by atoms with van der Waals surface area (Å²) >= 11 is 1.43. The highest BCUT2D eigenvalue weighted by Gasteiger charge is 2.20. The quantitative estimate of drug-likeness (QED) is 0.617. The molecule has 0 fully saturated rings. The molecule has 0 aliphatic carbocycles. The lowest BCUT2D eigenvalue weighted by Gasteiger charge is -2.16. The number of aromatic nitrogens is 3. The summed E-state index contributed by atoms with van der Waals surface area (Å²) in [7, 11) is 0. The molecular formula is C22H26N4OS. The molecule has 1 heterocycles. The molecule has 0 radical (unpaired) electrons. The predicted octanol–water partition coefficient (Wildman–Crippen LogP) is 4.68. The van der Waals surface area contributed by atoms with Gasteiger partial charge in [-0.2, -0.15) is 0 Å². The summed E-state index contributed by atoms with van der Waals surface area (Å²) in [5.74, 6) is 0.802. The van der Waals surface area contributed by atoms with E-state index >= 15 is 0 Å². The first kappa shape index (κ1) is 20.1. The normalized spacial score (nSPS) is 12.0. The number of hydrogen-bond donors (Lipinski definition) is 1. The lowest BCUT2D eigenvalue weighted by Crippen LogP contribution is -2.24. The van der Waals surface area contributed by atoms with Crippen LogP contribution < -0.4 is 5.32 Å². The van der Waals surface area contributed by atoms with Gasteiger partial charge >= 0.3 is 0 Å². The molecule has 1 N–H and O–H groups in total. The van der Waals surface area contributed by atoms with Crippen LogP contribution in [0.2, 0.25) is 0 Å². The van der Waals surface area contributed by atoms with Crippen molar-refractivity contribution in [2.75, 3.05) is 5.32 Å². The third-order valence-corrected chi connectivity index (χ3v) is 5.74. The van der Waals surface area contributed by atoms with Crippen molar-refractivity contribution >= 4 is 23.4 Å². The van der Waals surface area contributed by atoms with Crippen LogP contribution in [-0.2, 0) is 11.3 Å². The number of benzene rings is 2. The van der Waals surface area contributed by atoms with Crippen LogP contribution in [0.5, 0.6) is 0 Å². The Labute approximate surface area is 170 Å². The highest BCUT2D eigenvalue weighted by Crippen LogP contribution is 2.26. The molecule has 3 rings (SSSR count). The maximum Gasteiger partial charge on any atom is 0.237 e. The summed E-state index contributed by atoms with van der Waals surface area (Å²) in [5.41, 5.74) is 5.41. The second-order valence-corrected chi connectivity index (χ2v) is 8.43. The zero-order valence-corrected chi connectivity index (χ0v) is 17.8. The van der Waals surface area contributed by atoms with Crippen LogP contribution in [0, 0.1) is 27.7 Å². The van der Waals surface area contributed by atoms with Gasteiger partial charge in [-0.1, -0.05) is 59.8 Å². The number of anilines is 1. The highest BCUT2D eigenvalue weighted by molar-refractivity contribution is 8.00. The Morgan fingerprint density at radius 1 is 1.07 bits per heavy atom. The summed E-state index contributed by atoms with van der Waals surface area (Å²) in [5, 5.41) is 12.0. The van der Waals surface area contributed by atoms with Crippen LogP contribution in [0.3, 0.4) is 0 Å². The van der Waals surface area contributed by atoms with Crippen molar-refractivity contribution in [3.05, 3.63) is 70.5 Å². The topological polar surface area (TPSA) is 59.8 Å². The molecule has 0 aliphatic heterocycles. The fourth-order valence-corrected chi connectivity index (χ4v) is 4.10. The number of carbonyl (C=O) groups is 1. The van der Waals surface area contributed by atoms with Crippen molar-refractivity contribution in [1.29, 1.82) is 0 Å². The summed E-state index contributed by atoms with van der Waals surface area (Å²) in [6.45, 7) is 10.6. The average molecular weight is 395 g/mol. The lowest BCUT2D eigenvalue weighted by molar-refractivity contribution is -0.115. The second kappa shape index (κ2) is 8.61. The number of carbonyl (C=O) groups excluding carboxylic acids is 1. The Morgan fingerprint density at radius 3 is 2.36 bits per heavy atom. The number of amides is 1. The van der Waals surface area contributed by atoms with Gasteiger partial charge in [-0.25, -0.2) is 0 Å². The Bertz CT molecular complexity index is 958. The maximum absolute atomic E-state index is 12.8. The molecule has 0 bridgehead atoms. The molecule has 1 aromatic heterocycles. The zero-order valence-electron chi connectivity index (χ0n) is 17.0.